The molecule has 0 aliphatic heterocycles. The largest absolute Gasteiger partial charge is 0.494 e. The highest BCUT2D eigenvalue weighted by Gasteiger charge is 2.30. The molecule has 0 N–H and O–H groups in total. The van der Waals surface area contributed by atoms with Crippen LogP contribution in [-0.4, -0.2) is 20.9 Å². The summed E-state index contributed by atoms with van der Waals surface area (Å²) in [6, 6.07) is 17.2. The third-order valence-corrected chi connectivity index (χ3v) is 7.94. The van der Waals surface area contributed by atoms with Crippen LogP contribution in [0.3, 0.4) is 0 Å². The molecule has 0 aromatic heterocycles. The fraction of sp³-hybridized carbons (Fsp3) is 0.296. The zero-order chi connectivity index (χ0) is 24.9. The minimum atomic E-state index is -4.07. The van der Waals surface area contributed by atoms with Crippen LogP contribution >= 0.6 is 11.6 Å². The summed E-state index contributed by atoms with van der Waals surface area (Å²) in [5.41, 5.74) is 4.16. The van der Waals surface area contributed by atoms with Crippen molar-refractivity contribution in [3.05, 3.63) is 87.9 Å². The van der Waals surface area contributed by atoms with Crippen molar-refractivity contribution in [1.82, 2.24) is 0 Å². The summed E-state index contributed by atoms with van der Waals surface area (Å²) < 4.78 is 33.6. The Kier molecular flexibility index (Phi) is 8.39. The van der Waals surface area contributed by atoms with Gasteiger partial charge in [-0.05, 0) is 86.7 Å². The van der Waals surface area contributed by atoms with Gasteiger partial charge in [-0.15, -0.1) is 0 Å². The zero-order valence-corrected chi connectivity index (χ0v) is 21.5. The van der Waals surface area contributed by atoms with E-state index in [1.165, 1.54) is 12.1 Å². The molecule has 0 radical (unpaired) electrons. The molecule has 34 heavy (non-hydrogen) atoms. The molecule has 0 aliphatic carbocycles. The molecule has 0 unspecified atom stereocenters. The molecule has 0 fully saturated rings. The maximum atomic E-state index is 13.5. The number of nitrogens with zero attached hydrogens (tertiary/aromatic N) is 1. The summed E-state index contributed by atoms with van der Waals surface area (Å²) in [7, 11) is -4.07. The predicted octanol–water partition coefficient (Wildman–Crippen LogP) is 6.41. The van der Waals surface area contributed by atoms with Gasteiger partial charge in [0.1, 0.15) is 5.75 Å². The molecule has 5 nitrogen and oxygen atoms in total. The molecular formula is C27H30ClNO4S. The second-order valence-electron chi connectivity index (χ2n) is 8.32. The SMILES string of the molecule is CCc1ccc(N(C(=O)CCCOc2cc(C)c(Cl)c(C)c2)S(=O)(=O)c2ccc(C)cc2)cc1. The van der Waals surface area contributed by atoms with Crippen LogP contribution in [0.15, 0.2) is 65.6 Å². The first-order valence-corrected chi connectivity index (χ1v) is 13.1. The molecule has 0 saturated heterocycles. The number of hydrogen-bond acceptors (Lipinski definition) is 4. The number of sulfonamides is 1. The highest BCUT2D eigenvalue weighted by Crippen LogP contribution is 2.27. The highest BCUT2D eigenvalue weighted by molar-refractivity contribution is 7.93. The minimum Gasteiger partial charge on any atom is -0.494 e. The number of carbonyl (C=O) groups excluding carboxylic acids is 1. The van der Waals surface area contributed by atoms with E-state index in [1.807, 2.05) is 52.0 Å². The van der Waals surface area contributed by atoms with E-state index >= 15 is 0 Å². The van der Waals surface area contributed by atoms with Crippen LogP contribution in [-0.2, 0) is 21.2 Å². The van der Waals surface area contributed by atoms with Crippen LogP contribution in [0.4, 0.5) is 5.69 Å². The molecule has 7 heteroatoms. The molecule has 0 heterocycles. The number of rotatable bonds is 9. The van der Waals surface area contributed by atoms with Gasteiger partial charge in [0, 0.05) is 11.4 Å². The lowest BCUT2D eigenvalue weighted by molar-refractivity contribution is -0.117. The Balaban J connectivity index is 1.78. The van der Waals surface area contributed by atoms with E-state index in [2.05, 4.69) is 0 Å². The first-order valence-electron chi connectivity index (χ1n) is 11.3. The fourth-order valence-corrected chi connectivity index (χ4v) is 5.16. The lowest BCUT2D eigenvalue weighted by Crippen LogP contribution is -2.37. The van der Waals surface area contributed by atoms with Gasteiger partial charge in [0.25, 0.3) is 10.0 Å². The third kappa shape index (κ3) is 5.99. The van der Waals surface area contributed by atoms with Crippen molar-refractivity contribution < 1.29 is 17.9 Å². The van der Waals surface area contributed by atoms with Crippen molar-refractivity contribution in [2.75, 3.05) is 10.9 Å². The van der Waals surface area contributed by atoms with Gasteiger partial charge in [0.2, 0.25) is 5.91 Å². The van der Waals surface area contributed by atoms with Crippen molar-refractivity contribution in [2.24, 2.45) is 0 Å². The molecule has 0 bridgehead atoms. The van der Waals surface area contributed by atoms with Gasteiger partial charge in [0.15, 0.2) is 0 Å². The number of hydrogen-bond donors (Lipinski definition) is 0. The van der Waals surface area contributed by atoms with Crippen LogP contribution < -0.4 is 9.04 Å². The first kappa shape index (κ1) is 25.8. The number of ether oxygens (including phenoxy) is 1. The number of carbonyl (C=O) groups is 1. The summed E-state index contributed by atoms with van der Waals surface area (Å²) in [5.74, 6) is 0.169. The molecule has 0 spiro atoms. The predicted molar refractivity (Wildman–Crippen MR) is 137 cm³/mol. The molecule has 3 rings (SSSR count). The number of halogens is 1. The van der Waals surface area contributed by atoms with Gasteiger partial charge in [-0.1, -0.05) is 48.4 Å². The maximum absolute atomic E-state index is 13.5. The third-order valence-electron chi connectivity index (χ3n) is 5.58. The summed E-state index contributed by atoms with van der Waals surface area (Å²) >= 11 is 6.20. The lowest BCUT2D eigenvalue weighted by Gasteiger charge is -2.23. The summed E-state index contributed by atoms with van der Waals surface area (Å²) in [4.78, 5) is 13.3. The van der Waals surface area contributed by atoms with Crippen molar-refractivity contribution in [3.8, 4) is 5.75 Å². The summed E-state index contributed by atoms with van der Waals surface area (Å²) in [6.45, 7) is 7.99. The van der Waals surface area contributed by atoms with E-state index in [0.29, 0.717) is 22.9 Å². The molecule has 0 aliphatic rings. The van der Waals surface area contributed by atoms with Crippen molar-refractivity contribution >= 4 is 33.2 Å². The van der Waals surface area contributed by atoms with Gasteiger partial charge in [-0.25, -0.2) is 12.7 Å². The van der Waals surface area contributed by atoms with Crippen LogP contribution in [0.5, 0.6) is 5.75 Å². The average molecular weight is 500 g/mol. The molecule has 180 valence electrons. The van der Waals surface area contributed by atoms with Crippen molar-refractivity contribution in [2.45, 2.75) is 51.9 Å². The minimum absolute atomic E-state index is 0.0200. The average Bonchev–Trinajstić information content (AvgIpc) is 2.81. The van der Waals surface area contributed by atoms with E-state index in [1.54, 1.807) is 24.3 Å². The van der Waals surface area contributed by atoms with E-state index in [4.69, 9.17) is 16.3 Å². The van der Waals surface area contributed by atoms with E-state index in [0.717, 1.165) is 33.0 Å². The standard InChI is InChI=1S/C27H30ClNO4S/c1-5-22-10-12-23(13-11-22)29(34(31,32)25-14-8-19(2)9-15-25)26(30)7-6-16-33-24-17-20(3)27(28)21(4)18-24/h8-15,17-18H,5-7,16H2,1-4H3. The second-order valence-corrected chi connectivity index (χ2v) is 10.5. The number of amides is 1. The van der Waals surface area contributed by atoms with Gasteiger partial charge < -0.3 is 4.74 Å². The van der Waals surface area contributed by atoms with Gasteiger partial charge in [0.05, 0.1) is 17.2 Å². The summed E-state index contributed by atoms with van der Waals surface area (Å²) in [6.07, 6.45) is 1.21. The highest BCUT2D eigenvalue weighted by atomic mass is 35.5. The van der Waals surface area contributed by atoms with Crippen LogP contribution in [0.2, 0.25) is 5.02 Å². The fourth-order valence-electron chi connectivity index (χ4n) is 3.60. The Labute approximate surface area is 207 Å². The van der Waals surface area contributed by atoms with Crippen molar-refractivity contribution in [1.29, 1.82) is 0 Å². The monoisotopic (exact) mass is 499 g/mol. The van der Waals surface area contributed by atoms with E-state index in [-0.39, 0.29) is 17.9 Å². The Morgan fingerprint density at radius 1 is 0.941 bits per heavy atom. The van der Waals surface area contributed by atoms with E-state index < -0.39 is 15.9 Å². The topological polar surface area (TPSA) is 63.7 Å². The Bertz CT molecular complexity index is 1230. The molecular weight excluding hydrogens is 470 g/mol. The Morgan fingerprint density at radius 3 is 2.09 bits per heavy atom. The first-order chi connectivity index (χ1) is 16.1. The van der Waals surface area contributed by atoms with Crippen LogP contribution in [0, 0.1) is 20.8 Å². The van der Waals surface area contributed by atoms with Crippen LogP contribution in [0.1, 0.15) is 42.0 Å². The van der Waals surface area contributed by atoms with Crippen molar-refractivity contribution in [3.63, 3.8) is 0 Å². The number of aryl methyl sites for hydroxylation is 4. The molecule has 1 amide bonds. The van der Waals surface area contributed by atoms with Gasteiger partial charge in [-0.3, -0.25) is 4.79 Å². The van der Waals surface area contributed by atoms with Crippen LogP contribution in [0.25, 0.3) is 0 Å². The normalized spacial score (nSPS) is 11.3. The second kappa shape index (κ2) is 11.1. The van der Waals surface area contributed by atoms with Gasteiger partial charge >= 0.3 is 0 Å². The smallest absolute Gasteiger partial charge is 0.270 e. The Morgan fingerprint density at radius 2 is 1.53 bits per heavy atom. The lowest BCUT2D eigenvalue weighted by atomic mass is 10.1. The molecule has 3 aromatic rings. The van der Waals surface area contributed by atoms with E-state index in [9.17, 15) is 13.2 Å². The summed E-state index contributed by atoms with van der Waals surface area (Å²) in [5, 5.41) is 0.702. The molecule has 0 atom stereocenters. The van der Waals surface area contributed by atoms with Gasteiger partial charge in [-0.2, -0.15) is 0 Å². The zero-order valence-electron chi connectivity index (χ0n) is 20.0. The number of benzene rings is 3. The molecule has 0 saturated carbocycles. The molecule has 3 aromatic carbocycles. The Hall–Kier alpha value is -2.83. The maximum Gasteiger partial charge on any atom is 0.270 e. The number of anilines is 1. The quantitative estimate of drug-likeness (QED) is 0.319.